The number of rotatable bonds is 3. The molecule has 0 aliphatic rings. The molecule has 0 saturated carbocycles. The lowest BCUT2D eigenvalue weighted by Gasteiger charge is -1.99. The van der Waals surface area contributed by atoms with Gasteiger partial charge in [-0.25, -0.2) is 4.68 Å². The number of aromatic nitrogens is 2. The van der Waals surface area contributed by atoms with Gasteiger partial charge in [0.2, 0.25) is 0 Å². The van der Waals surface area contributed by atoms with Crippen LogP contribution in [0.25, 0.3) is 0 Å². The summed E-state index contributed by atoms with van der Waals surface area (Å²) in [5.74, 6) is 0.0954. The molecular weight excluding hydrogens is 180 g/mol. The van der Waals surface area contributed by atoms with Crippen LogP contribution in [-0.2, 0) is 22.1 Å². The van der Waals surface area contributed by atoms with E-state index < -0.39 is 0 Å². The molecule has 0 spiro atoms. The van der Waals surface area contributed by atoms with Crippen LogP contribution in [0.5, 0.6) is 0 Å². The highest BCUT2D eigenvalue weighted by molar-refractivity contribution is 6.17. The van der Waals surface area contributed by atoms with E-state index in [4.69, 9.17) is 16.3 Å². The van der Waals surface area contributed by atoms with Crippen LogP contribution in [0.1, 0.15) is 12.5 Å². The first-order valence-electron chi connectivity index (χ1n) is 3.43. The number of carbonyl (C=O) groups is 1. The number of alkyl halides is 1. The molecule has 1 aromatic heterocycles. The van der Waals surface area contributed by atoms with Crippen LogP contribution >= 0.6 is 11.6 Å². The van der Waals surface area contributed by atoms with Crippen molar-refractivity contribution >= 4 is 17.6 Å². The fourth-order valence-electron chi connectivity index (χ4n) is 0.703. The first kappa shape index (κ1) is 9.06. The Morgan fingerprint density at radius 1 is 1.83 bits per heavy atom. The molecule has 0 radical (unpaired) electrons. The molecule has 12 heavy (non-hydrogen) atoms. The van der Waals surface area contributed by atoms with E-state index in [1.54, 1.807) is 12.4 Å². The number of halogens is 1. The van der Waals surface area contributed by atoms with E-state index in [0.717, 1.165) is 5.56 Å². The van der Waals surface area contributed by atoms with Gasteiger partial charge in [0, 0.05) is 18.7 Å². The van der Waals surface area contributed by atoms with Crippen molar-refractivity contribution in [1.29, 1.82) is 0 Å². The Kier molecular flexibility index (Phi) is 3.10. The van der Waals surface area contributed by atoms with Crippen LogP contribution in [0.3, 0.4) is 0 Å². The third-order valence-corrected chi connectivity index (χ3v) is 1.55. The fourth-order valence-corrected chi connectivity index (χ4v) is 0.841. The molecule has 0 unspecified atom stereocenters. The first-order chi connectivity index (χ1) is 5.72. The minimum Gasteiger partial charge on any atom is -0.443 e. The first-order valence-corrected chi connectivity index (χ1v) is 3.96. The fraction of sp³-hybridized carbons (Fsp3) is 0.429. The molecule has 0 saturated heterocycles. The second-order valence-electron chi connectivity index (χ2n) is 2.29. The maximum atomic E-state index is 10.4. The van der Waals surface area contributed by atoms with Crippen LogP contribution in [0, 0.1) is 0 Å². The maximum Gasteiger partial charge on any atom is 0.304 e. The van der Waals surface area contributed by atoms with Gasteiger partial charge in [0.05, 0.1) is 12.1 Å². The lowest BCUT2D eigenvalue weighted by molar-refractivity contribution is -0.145. The molecule has 1 heterocycles. The molecule has 0 aromatic carbocycles. The molecule has 0 amide bonds. The Hall–Kier alpha value is -1.03. The molecule has 1 aromatic rings. The Labute approximate surface area is 75.1 Å². The van der Waals surface area contributed by atoms with Gasteiger partial charge >= 0.3 is 5.97 Å². The van der Waals surface area contributed by atoms with Crippen LogP contribution in [0.2, 0.25) is 0 Å². The van der Waals surface area contributed by atoms with E-state index in [2.05, 4.69) is 5.10 Å². The number of hydrogen-bond donors (Lipinski definition) is 0. The summed E-state index contributed by atoms with van der Waals surface area (Å²) < 4.78 is 6.22. The highest BCUT2D eigenvalue weighted by Crippen LogP contribution is 2.01. The molecule has 5 heteroatoms. The zero-order valence-corrected chi connectivity index (χ0v) is 7.41. The van der Waals surface area contributed by atoms with Gasteiger partial charge in [-0.2, -0.15) is 5.10 Å². The van der Waals surface area contributed by atoms with Crippen molar-refractivity contribution in [2.75, 3.05) is 0 Å². The summed E-state index contributed by atoms with van der Waals surface area (Å²) in [5, 5.41) is 3.91. The lowest BCUT2D eigenvalue weighted by atomic mass is 10.4. The van der Waals surface area contributed by atoms with Gasteiger partial charge in [0.1, 0.15) is 0 Å². The van der Waals surface area contributed by atoms with Crippen LogP contribution in [-0.4, -0.2) is 15.7 Å². The minimum absolute atomic E-state index is 0.145. The second-order valence-corrected chi connectivity index (χ2v) is 2.55. The van der Waals surface area contributed by atoms with Crippen molar-refractivity contribution in [2.45, 2.75) is 19.5 Å². The number of carbonyl (C=O) groups excluding carboxylic acids is 1. The van der Waals surface area contributed by atoms with Gasteiger partial charge in [-0.05, 0) is 0 Å². The monoisotopic (exact) mass is 188 g/mol. The Balaban J connectivity index is 2.47. The van der Waals surface area contributed by atoms with E-state index in [-0.39, 0.29) is 12.7 Å². The zero-order chi connectivity index (χ0) is 8.97. The predicted octanol–water partition coefficient (Wildman–Crippen LogP) is 1.14. The standard InChI is InChI=1S/C7H9ClN2O2/c1-6(11)12-5-10-4-7(2-8)3-9-10/h3-4H,2,5H2,1H3. The van der Waals surface area contributed by atoms with Gasteiger partial charge in [0.25, 0.3) is 0 Å². The highest BCUT2D eigenvalue weighted by Gasteiger charge is 1.97. The van der Waals surface area contributed by atoms with Crippen LogP contribution < -0.4 is 0 Å². The van der Waals surface area contributed by atoms with Crippen molar-refractivity contribution in [3.63, 3.8) is 0 Å². The molecule has 0 bridgehead atoms. The molecule has 4 nitrogen and oxygen atoms in total. The van der Waals surface area contributed by atoms with Gasteiger partial charge < -0.3 is 4.74 Å². The third kappa shape index (κ3) is 2.54. The zero-order valence-electron chi connectivity index (χ0n) is 6.66. The van der Waals surface area contributed by atoms with Crippen molar-refractivity contribution in [3.05, 3.63) is 18.0 Å². The molecule has 0 N–H and O–H groups in total. The van der Waals surface area contributed by atoms with Gasteiger partial charge in [-0.15, -0.1) is 11.6 Å². The summed E-state index contributed by atoms with van der Waals surface area (Å²) >= 11 is 5.54. The average molecular weight is 189 g/mol. The van der Waals surface area contributed by atoms with Gasteiger partial charge in [0.15, 0.2) is 6.73 Å². The summed E-state index contributed by atoms with van der Waals surface area (Å²) in [4.78, 5) is 10.4. The van der Waals surface area contributed by atoms with E-state index in [0.29, 0.717) is 5.88 Å². The van der Waals surface area contributed by atoms with E-state index in [1.165, 1.54) is 11.6 Å². The second kappa shape index (κ2) is 4.11. The summed E-state index contributed by atoms with van der Waals surface area (Å²) in [6, 6.07) is 0. The number of nitrogens with zero attached hydrogens (tertiary/aromatic N) is 2. The Morgan fingerprint density at radius 3 is 3.08 bits per heavy atom. The Bertz CT molecular complexity index is 272. The number of hydrogen-bond acceptors (Lipinski definition) is 3. The van der Waals surface area contributed by atoms with Crippen LogP contribution in [0.4, 0.5) is 0 Å². The normalized spacial score (nSPS) is 9.83. The molecule has 0 aliphatic carbocycles. The molecule has 66 valence electrons. The van der Waals surface area contributed by atoms with Gasteiger partial charge in [-0.3, -0.25) is 4.79 Å². The maximum absolute atomic E-state index is 10.4. The highest BCUT2D eigenvalue weighted by atomic mass is 35.5. The smallest absolute Gasteiger partial charge is 0.304 e. The van der Waals surface area contributed by atoms with Crippen molar-refractivity contribution in [2.24, 2.45) is 0 Å². The summed E-state index contributed by atoms with van der Waals surface area (Å²) in [5.41, 5.74) is 0.906. The van der Waals surface area contributed by atoms with Crippen molar-refractivity contribution in [1.82, 2.24) is 9.78 Å². The number of ether oxygens (including phenoxy) is 1. The molecule has 1 rings (SSSR count). The minimum atomic E-state index is -0.321. The largest absolute Gasteiger partial charge is 0.443 e. The average Bonchev–Trinajstić information content (AvgIpc) is 2.48. The topological polar surface area (TPSA) is 44.1 Å². The summed E-state index contributed by atoms with van der Waals surface area (Å²) in [6.45, 7) is 1.50. The van der Waals surface area contributed by atoms with E-state index in [9.17, 15) is 4.79 Å². The quantitative estimate of drug-likeness (QED) is 0.528. The molecule has 0 atom stereocenters. The summed E-state index contributed by atoms with van der Waals surface area (Å²) in [6.07, 6.45) is 3.37. The van der Waals surface area contributed by atoms with Crippen molar-refractivity contribution in [3.8, 4) is 0 Å². The SMILES string of the molecule is CC(=O)OCn1cc(CCl)cn1. The van der Waals surface area contributed by atoms with E-state index >= 15 is 0 Å². The molecule has 0 fully saturated rings. The van der Waals surface area contributed by atoms with E-state index in [1.807, 2.05) is 0 Å². The van der Waals surface area contributed by atoms with Gasteiger partial charge in [-0.1, -0.05) is 0 Å². The lowest BCUT2D eigenvalue weighted by Crippen LogP contribution is -2.06. The summed E-state index contributed by atoms with van der Waals surface area (Å²) in [7, 11) is 0. The molecular formula is C7H9ClN2O2. The predicted molar refractivity (Wildman–Crippen MR) is 43.6 cm³/mol. The van der Waals surface area contributed by atoms with Crippen LogP contribution in [0.15, 0.2) is 12.4 Å². The van der Waals surface area contributed by atoms with Crippen molar-refractivity contribution < 1.29 is 9.53 Å². The Morgan fingerprint density at radius 2 is 2.58 bits per heavy atom. The third-order valence-electron chi connectivity index (χ3n) is 1.24. The number of esters is 1. The molecule has 0 aliphatic heterocycles.